The maximum absolute atomic E-state index is 11.3. The quantitative estimate of drug-likeness (QED) is 0.611. The van der Waals surface area contributed by atoms with Crippen LogP contribution >= 0.6 is 0 Å². The predicted octanol–water partition coefficient (Wildman–Crippen LogP) is 0.640. The molecule has 112 valence electrons. The van der Waals surface area contributed by atoms with Gasteiger partial charge in [-0.15, -0.1) is 0 Å². The Balaban J connectivity index is 2.57. The lowest BCUT2D eigenvalue weighted by Gasteiger charge is -2.09. The summed E-state index contributed by atoms with van der Waals surface area (Å²) in [5.74, 6) is 0.803. The minimum atomic E-state index is -0.00893. The van der Waals surface area contributed by atoms with E-state index >= 15 is 0 Å². The van der Waals surface area contributed by atoms with E-state index in [4.69, 9.17) is 4.74 Å². The van der Waals surface area contributed by atoms with E-state index in [-0.39, 0.29) is 11.9 Å². The molecule has 3 N–H and O–H groups in total. The molecule has 0 radical (unpaired) electrons. The molecule has 0 saturated heterocycles. The average Bonchev–Trinajstić information content (AvgIpc) is 2.45. The molecule has 1 aromatic heterocycles. The Hall–Kier alpha value is -2.12. The normalized spacial score (nSPS) is 9.95. The predicted molar refractivity (Wildman–Crippen MR) is 77.0 cm³/mol. The molecular weight excluding hydrogens is 260 g/mol. The van der Waals surface area contributed by atoms with Gasteiger partial charge < -0.3 is 20.7 Å². The summed E-state index contributed by atoms with van der Waals surface area (Å²) in [5, 5.41) is 8.55. The summed E-state index contributed by atoms with van der Waals surface area (Å²) >= 11 is 0. The Morgan fingerprint density at radius 2 is 1.95 bits per heavy atom. The van der Waals surface area contributed by atoms with E-state index < -0.39 is 0 Å². The van der Waals surface area contributed by atoms with Gasteiger partial charge in [-0.25, -0.2) is 0 Å². The molecule has 8 nitrogen and oxygen atoms in total. The summed E-state index contributed by atoms with van der Waals surface area (Å²) in [6, 6.07) is 0.270. The van der Waals surface area contributed by atoms with Gasteiger partial charge in [0.25, 0.3) is 0 Å². The fourth-order valence-electron chi connectivity index (χ4n) is 1.38. The van der Waals surface area contributed by atoms with E-state index in [0.29, 0.717) is 38.0 Å². The zero-order valence-corrected chi connectivity index (χ0v) is 12.2. The minimum absolute atomic E-state index is 0.00893. The zero-order chi connectivity index (χ0) is 14.8. The Labute approximate surface area is 118 Å². The lowest BCUT2D eigenvalue weighted by atomic mass is 10.4. The molecule has 0 aliphatic carbocycles. The second kappa shape index (κ2) is 8.89. The fourth-order valence-corrected chi connectivity index (χ4v) is 1.38. The number of hydrogen-bond acceptors (Lipinski definition) is 7. The van der Waals surface area contributed by atoms with Crippen molar-refractivity contribution in [2.45, 2.75) is 26.7 Å². The molecule has 0 saturated carbocycles. The first-order valence-electron chi connectivity index (χ1n) is 6.76. The number of nitrogens with zero attached hydrogens (tertiary/aromatic N) is 3. The number of anilines is 2. The highest BCUT2D eigenvalue weighted by Crippen LogP contribution is 2.10. The second-order valence-corrected chi connectivity index (χ2v) is 3.99. The van der Waals surface area contributed by atoms with Crippen LogP contribution in [0.15, 0.2) is 0 Å². The SMILES string of the molecule is CCCOc1nc(NC)nc(NCCC(=O)NCC)n1. The van der Waals surface area contributed by atoms with E-state index in [2.05, 4.69) is 30.9 Å². The van der Waals surface area contributed by atoms with Crippen molar-refractivity contribution in [3.63, 3.8) is 0 Å². The summed E-state index contributed by atoms with van der Waals surface area (Å²) in [5.41, 5.74) is 0. The average molecular weight is 282 g/mol. The van der Waals surface area contributed by atoms with Gasteiger partial charge >= 0.3 is 6.01 Å². The van der Waals surface area contributed by atoms with E-state index in [1.54, 1.807) is 7.05 Å². The van der Waals surface area contributed by atoms with Crippen molar-refractivity contribution in [1.82, 2.24) is 20.3 Å². The zero-order valence-electron chi connectivity index (χ0n) is 12.2. The van der Waals surface area contributed by atoms with Gasteiger partial charge in [0, 0.05) is 26.6 Å². The molecule has 0 atom stereocenters. The van der Waals surface area contributed by atoms with Crippen LogP contribution in [0.3, 0.4) is 0 Å². The van der Waals surface area contributed by atoms with E-state index in [0.717, 1.165) is 6.42 Å². The van der Waals surface area contributed by atoms with Crippen molar-refractivity contribution in [1.29, 1.82) is 0 Å². The van der Waals surface area contributed by atoms with Crippen LogP contribution < -0.4 is 20.7 Å². The van der Waals surface area contributed by atoms with Gasteiger partial charge in [0.2, 0.25) is 17.8 Å². The van der Waals surface area contributed by atoms with E-state index in [9.17, 15) is 4.79 Å². The maximum atomic E-state index is 11.3. The van der Waals surface area contributed by atoms with Gasteiger partial charge in [0.1, 0.15) is 0 Å². The third kappa shape index (κ3) is 5.68. The largest absolute Gasteiger partial charge is 0.463 e. The number of rotatable bonds is 9. The monoisotopic (exact) mass is 282 g/mol. The molecule has 1 heterocycles. The van der Waals surface area contributed by atoms with Gasteiger partial charge in [-0.1, -0.05) is 6.92 Å². The Bertz CT molecular complexity index is 426. The third-order valence-electron chi connectivity index (χ3n) is 2.28. The summed E-state index contributed by atoms with van der Waals surface area (Å²) in [6.45, 7) is 5.51. The Morgan fingerprint density at radius 1 is 1.20 bits per heavy atom. The fraction of sp³-hybridized carbons (Fsp3) is 0.667. The van der Waals surface area contributed by atoms with Gasteiger partial charge in [-0.05, 0) is 13.3 Å². The Kier molecular flexibility index (Phi) is 7.08. The summed E-state index contributed by atoms with van der Waals surface area (Å²) in [4.78, 5) is 23.7. The van der Waals surface area contributed by atoms with Crippen LogP contribution in [0.25, 0.3) is 0 Å². The molecule has 1 rings (SSSR count). The number of carbonyl (C=O) groups is 1. The summed E-state index contributed by atoms with van der Waals surface area (Å²) in [6.07, 6.45) is 1.24. The standard InChI is InChI=1S/C12H22N6O2/c1-4-8-20-12-17-10(13-3)16-11(18-12)15-7-6-9(19)14-5-2/h4-8H2,1-3H3,(H,14,19)(H2,13,15,16,17,18). The van der Waals surface area contributed by atoms with Crippen LogP contribution in [0.4, 0.5) is 11.9 Å². The van der Waals surface area contributed by atoms with Gasteiger partial charge in [0.05, 0.1) is 6.61 Å². The number of ether oxygens (including phenoxy) is 1. The second-order valence-electron chi connectivity index (χ2n) is 3.99. The number of carbonyl (C=O) groups excluding carboxylic acids is 1. The summed E-state index contributed by atoms with van der Waals surface area (Å²) < 4.78 is 5.38. The van der Waals surface area contributed by atoms with Crippen molar-refractivity contribution >= 4 is 17.8 Å². The maximum Gasteiger partial charge on any atom is 0.323 e. The lowest BCUT2D eigenvalue weighted by molar-refractivity contribution is -0.120. The van der Waals surface area contributed by atoms with Crippen LogP contribution in [-0.2, 0) is 4.79 Å². The minimum Gasteiger partial charge on any atom is -0.463 e. The molecule has 0 unspecified atom stereocenters. The molecule has 0 aliphatic heterocycles. The molecular formula is C12H22N6O2. The molecule has 0 bridgehead atoms. The summed E-state index contributed by atoms with van der Waals surface area (Å²) in [7, 11) is 1.72. The van der Waals surface area contributed by atoms with Crippen LogP contribution in [0.1, 0.15) is 26.7 Å². The highest BCUT2D eigenvalue weighted by atomic mass is 16.5. The molecule has 0 aliphatic rings. The van der Waals surface area contributed by atoms with Crippen molar-refractivity contribution in [3.8, 4) is 6.01 Å². The highest BCUT2D eigenvalue weighted by molar-refractivity contribution is 5.76. The van der Waals surface area contributed by atoms with Crippen molar-refractivity contribution in [2.75, 3.05) is 37.4 Å². The number of hydrogen-bond donors (Lipinski definition) is 3. The van der Waals surface area contributed by atoms with Crippen molar-refractivity contribution in [3.05, 3.63) is 0 Å². The smallest absolute Gasteiger partial charge is 0.323 e. The van der Waals surface area contributed by atoms with Gasteiger partial charge in [-0.2, -0.15) is 15.0 Å². The number of nitrogens with one attached hydrogen (secondary N) is 3. The molecule has 20 heavy (non-hydrogen) atoms. The molecule has 0 aromatic carbocycles. The molecule has 1 amide bonds. The first-order chi connectivity index (χ1) is 9.69. The highest BCUT2D eigenvalue weighted by Gasteiger charge is 2.07. The van der Waals surface area contributed by atoms with Crippen LogP contribution in [-0.4, -0.2) is 47.6 Å². The molecule has 0 fully saturated rings. The first-order valence-corrected chi connectivity index (χ1v) is 6.76. The third-order valence-corrected chi connectivity index (χ3v) is 2.28. The lowest BCUT2D eigenvalue weighted by Crippen LogP contribution is -2.25. The van der Waals surface area contributed by atoms with Gasteiger partial charge in [-0.3, -0.25) is 4.79 Å². The molecule has 1 aromatic rings. The number of amides is 1. The van der Waals surface area contributed by atoms with Crippen LogP contribution in [0.2, 0.25) is 0 Å². The molecule has 8 heteroatoms. The first kappa shape index (κ1) is 15.9. The van der Waals surface area contributed by atoms with E-state index in [1.165, 1.54) is 0 Å². The number of aromatic nitrogens is 3. The topological polar surface area (TPSA) is 101 Å². The van der Waals surface area contributed by atoms with Crippen molar-refractivity contribution in [2.24, 2.45) is 0 Å². The Morgan fingerprint density at radius 3 is 2.60 bits per heavy atom. The van der Waals surface area contributed by atoms with Crippen LogP contribution in [0.5, 0.6) is 6.01 Å². The van der Waals surface area contributed by atoms with Gasteiger partial charge in [0.15, 0.2) is 0 Å². The molecule has 0 spiro atoms. The van der Waals surface area contributed by atoms with E-state index in [1.807, 2.05) is 13.8 Å². The van der Waals surface area contributed by atoms with Crippen LogP contribution in [0, 0.1) is 0 Å². The van der Waals surface area contributed by atoms with Crippen molar-refractivity contribution < 1.29 is 9.53 Å².